The fourth-order valence-corrected chi connectivity index (χ4v) is 1.74. The Labute approximate surface area is 71.3 Å². The SMILES string of the molecule is C=C1CC2COCCC2OC1=O. The summed E-state index contributed by atoms with van der Waals surface area (Å²) in [5, 5.41) is 0. The normalized spacial score (nSPS) is 35.7. The summed E-state index contributed by atoms with van der Waals surface area (Å²) >= 11 is 0. The Morgan fingerprint density at radius 2 is 2.33 bits per heavy atom. The first-order chi connectivity index (χ1) is 5.77. The third-order valence-corrected chi connectivity index (χ3v) is 2.46. The molecule has 0 aliphatic carbocycles. The molecule has 0 saturated carbocycles. The van der Waals surface area contributed by atoms with E-state index in [4.69, 9.17) is 9.47 Å². The molecule has 12 heavy (non-hydrogen) atoms. The first kappa shape index (κ1) is 7.80. The van der Waals surface area contributed by atoms with Gasteiger partial charge in [0.2, 0.25) is 0 Å². The van der Waals surface area contributed by atoms with Gasteiger partial charge in [-0.05, 0) is 6.42 Å². The number of carbonyl (C=O) groups excluding carboxylic acids is 1. The second kappa shape index (κ2) is 2.90. The van der Waals surface area contributed by atoms with Gasteiger partial charge in [-0.2, -0.15) is 0 Å². The Kier molecular flexibility index (Phi) is 1.89. The zero-order valence-corrected chi connectivity index (χ0v) is 6.91. The fraction of sp³-hybridized carbons (Fsp3) is 0.667. The topological polar surface area (TPSA) is 35.5 Å². The minimum absolute atomic E-state index is 0.0803. The van der Waals surface area contributed by atoms with Crippen LogP contribution in [0, 0.1) is 5.92 Å². The summed E-state index contributed by atoms with van der Waals surface area (Å²) in [7, 11) is 0. The molecule has 3 nitrogen and oxygen atoms in total. The van der Waals surface area contributed by atoms with Crippen LogP contribution in [-0.4, -0.2) is 25.3 Å². The standard InChI is InChI=1S/C9H12O3/c1-6-4-7-5-11-3-2-8(7)12-9(6)10/h7-8H,1-5H2. The maximum absolute atomic E-state index is 11.1. The predicted octanol–water partition coefficient (Wildman–Crippen LogP) is 0.895. The largest absolute Gasteiger partial charge is 0.459 e. The lowest BCUT2D eigenvalue weighted by molar-refractivity contribution is -0.159. The van der Waals surface area contributed by atoms with Gasteiger partial charge in [0.1, 0.15) is 6.10 Å². The molecule has 0 bridgehead atoms. The van der Waals surface area contributed by atoms with E-state index in [1.165, 1.54) is 0 Å². The zero-order valence-electron chi connectivity index (χ0n) is 6.91. The number of fused-ring (bicyclic) bond motifs is 1. The number of esters is 1. The average molecular weight is 168 g/mol. The van der Waals surface area contributed by atoms with Gasteiger partial charge in [-0.25, -0.2) is 4.79 Å². The van der Waals surface area contributed by atoms with Gasteiger partial charge in [-0.15, -0.1) is 0 Å². The van der Waals surface area contributed by atoms with Crippen molar-refractivity contribution < 1.29 is 14.3 Å². The molecule has 2 rings (SSSR count). The van der Waals surface area contributed by atoms with Crippen LogP contribution in [0.15, 0.2) is 12.2 Å². The monoisotopic (exact) mass is 168 g/mol. The molecular weight excluding hydrogens is 156 g/mol. The Balaban J connectivity index is 2.07. The van der Waals surface area contributed by atoms with E-state index >= 15 is 0 Å². The summed E-state index contributed by atoms with van der Waals surface area (Å²) in [4.78, 5) is 11.1. The maximum Gasteiger partial charge on any atom is 0.333 e. The lowest BCUT2D eigenvalue weighted by Crippen LogP contribution is -2.40. The van der Waals surface area contributed by atoms with Crippen LogP contribution in [-0.2, 0) is 14.3 Å². The quantitative estimate of drug-likeness (QED) is 0.398. The van der Waals surface area contributed by atoms with E-state index in [0.717, 1.165) is 12.8 Å². The van der Waals surface area contributed by atoms with Crippen LogP contribution in [0.3, 0.4) is 0 Å². The molecule has 3 heteroatoms. The van der Waals surface area contributed by atoms with Gasteiger partial charge in [-0.3, -0.25) is 0 Å². The maximum atomic E-state index is 11.1. The van der Waals surface area contributed by atoms with Gasteiger partial charge in [-0.1, -0.05) is 6.58 Å². The summed E-state index contributed by atoms with van der Waals surface area (Å²) in [5.41, 5.74) is 0.585. The molecule has 0 radical (unpaired) electrons. The number of hydrogen-bond acceptors (Lipinski definition) is 3. The van der Waals surface area contributed by atoms with Crippen molar-refractivity contribution in [2.75, 3.05) is 13.2 Å². The van der Waals surface area contributed by atoms with Gasteiger partial charge in [0.25, 0.3) is 0 Å². The lowest BCUT2D eigenvalue weighted by Gasteiger charge is -2.35. The predicted molar refractivity (Wildman–Crippen MR) is 42.6 cm³/mol. The fourth-order valence-electron chi connectivity index (χ4n) is 1.74. The number of ether oxygens (including phenoxy) is 2. The van der Waals surface area contributed by atoms with Gasteiger partial charge in [0.05, 0.1) is 13.2 Å². The molecule has 0 spiro atoms. The van der Waals surface area contributed by atoms with Crippen molar-refractivity contribution in [3.05, 3.63) is 12.2 Å². The van der Waals surface area contributed by atoms with Gasteiger partial charge >= 0.3 is 5.97 Å². The summed E-state index contributed by atoms with van der Waals surface area (Å²) in [6.45, 7) is 5.07. The molecule has 2 fully saturated rings. The van der Waals surface area contributed by atoms with Crippen molar-refractivity contribution in [2.45, 2.75) is 18.9 Å². The lowest BCUT2D eigenvalue weighted by atomic mass is 9.89. The second-order valence-corrected chi connectivity index (χ2v) is 3.38. The van der Waals surface area contributed by atoms with E-state index in [-0.39, 0.29) is 12.1 Å². The van der Waals surface area contributed by atoms with Crippen molar-refractivity contribution in [1.82, 2.24) is 0 Å². The van der Waals surface area contributed by atoms with Crippen LogP contribution in [0.5, 0.6) is 0 Å². The smallest absolute Gasteiger partial charge is 0.333 e. The van der Waals surface area contributed by atoms with E-state index in [1.807, 2.05) is 0 Å². The molecule has 0 aromatic carbocycles. The van der Waals surface area contributed by atoms with E-state index in [1.54, 1.807) is 0 Å². The molecule has 0 aromatic heterocycles. The Morgan fingerprint density at radius 1 is 1.50 bits per heavy atom. The highest BCUT2D eigenvalue weighted by molar-refractivity contribution is 5.88. The minimum Gasteiger partial charge on any atom is -0.459 e. The third-order valence-electron chi connectivity index (χ3n) is 2.46. The molecule has 2 aliphatic heterocycles. The van der Waals surface area contributed by atoms with Crippen LogP contribution in [0.2, 0.25) is 0 Å². The van der Waals surface area contributed by atoms with Crippen molar-refractivity contribution in [3.8, 4) is 0 Å². The Morgan fingerprint density at radius 3 is 3.17 bits per heavy atom. The summed E-state index contributed by atoms with van der Waals surface area (Å²) in [6, 6.07) is 0. The van der Waals surface area contributed by atoms with Crippen molar-refractivity contribution >= 4 is 5.97 Å². The average Bonchev–Trinajstić information content (AvgIpc) is 2.07. The zero-order chi connectivity index (χ0) is 8.55. The van der Waals surface area contributed by atoms with Crippen molar-refractivity contribution in [3.63, 3.8) is 0 Å². The molecule has 2 heterocycles. The highest BCUT2D eigenvalue weighted by Crippen LogP contribution is 2.29. The number of rotatable bonds is 0. The van der Waals surface area contributed by atoms with E-state index in [0.29, 0.717) is 24.7 Å². The van der Waals surface area contributed by atoms with Gasteiger partial charge < -0.3 is 9.47 Å². The van der Waals surface area contributed by atoms with Crippen LogP contribution in [0.25, 0.3) is 0 Å². The molecule has 0 aromatic rings. The number of carbonyl (C=O) groups is 1. The molecule has 66 valence electrons. The third kappa shape index (κ3) is 1.25. The summed E-state index contributed by atoms with van der Waals surface area (Å²) in [6.07, 6.45) is 1.66. The summed E-state index contributed by atoms with van der Waals surface area (Å²) < 4.78 is 10.5. The van der Waals surface area contributed by atoms with E-state index in [9.17, 15) is 4.79 Å². The second-order valence-electron chi connectivity index (χ2n) is 3.38. The van der Waals surface area contributed by atoms with Gasteiger partial charge in [0.15, 0.2) is 0 Å². The molecule has 0 N–H and O–H groups in total. The van der Waals surface area contributed by atoms with Crippen LogP contribution >= 0.6 is 0 Å². The van der Waals surface area contributed by atoms with Gasteiger partial charge in [0, 0.05) is 17.9 Å². The first-order valence-corrected chi connectivity index (χ1v) is 4.24. The molecule has 2 aliphatic rings. The highest BCUT2D eigenvalue weighted by Gasteiger charge is 2.35. The van der Waals surface area contributed by atoms with Crippen molar-refractivity contribution in [2.24, 2.45) is 5.92 Å². The van der Waals surface area contributed by atoms with E-state index in [2.05, 4.69) is 6.58 Å². The Hall–Kier alpha value is -0.830. The van der Waals surface area contributed by atoms with Crippen LogP contribution in [0.1, 0.15) is 12.8 Å². The summed E-state index contributed by atoms with van der Waals surface area (Å²) in [5.74, 6) is 0.127. The molecule has 0 amide bonds. The van der Waals surface area contributed by atoms with Crippen LogP contribution < -0.4 is 0 Å². The molecule has 2 atom stereocenters. The number of hydrogen-bond donors (Lipinski definition) is 0. The molecular formula is C9H12O3. The molecule has 2 unspecified atom stereocenters. The minimum atomic E-state index is -0.224. The highest BCUT2D eigenvalue weighted by atomic mass is 16.6. The Bertz CT molecular complexity index is 198. The van der Waals surface area contributed by atoms with Crippen LogP contribution in [0.4, 0.5) is 0 Å². The first-order valence-electron chi connectivity index (χ1n) is 4.24. The van der Waals surface area contributed by atoms with Crippen molar-refractivity contribution in [1.29, 1.82) is 0 Å². The van der Waals surface area contributed by atoms with E-state index < -0.39 is 0 Å². The molecule has 2 saturated heterocycles.